The number of hydrogen-bond acceptors (Lipinski definition) is 5. The van der Waals surface area contributed by atoms with Crippen molar-refractivity contribution in [1.82, 2.24) is 5.32 Å². The third kappa shape index (κ3) is 5.16. The molecule has 116 valence electrons. The van der Waals surface area contributed by atoms with Gasteiger partial charge in [-0.05, 0) is 17.7 Å². The first-order valence-electron chi connectivity index (χ1n) is 6.95. The van der Waals surface area contributed by atoms with Crippen molar-refractivity contribution in [2.24, 2.45) is 0 Å². The predicted molar refractivity (Wildman–Crippen MR) is 82.7 cm³/mol. The van der Waals surface area contributed by atoms with Crippen LogP contribution in [0.4, 0.5) is 5.69 Å². The Morgan fingerprint density at radius 3 is 2.45 bits per heavy atom. The van der Waals surface area contributed by atoms with Gasteiger partial charge in [-0.1, -0.05) is 30.3 Å². The molecule has 6 nitrogen and oxygen atoms in total. The molecule has 0 spiro atoms. The highest BCUT2D eigenvalue weighted by Gasteiger charge is 2.07. The number of nitro groups is 1. The summed E-state index contributed by atoms with van der Waals surface area (Å²) < 4.78 is 5.39. The molecule has 0 saturated heterocycles. The average molecular weight is 302 g/mol. The summed E-state index contributed by atoms with van der Waals surface area (Å²) in [7, 11) is 0. The third-order valence-electron chi connectivity index (χ3n) is 3.04. The third-order valence-corrected chi connectivity index (χ3v) is 3.04. The summed E-state index contributed by atoms with van der Waals surface area (Å²) in [6, 6.07) is 15.7. The van der Waals surface area contributed by atoms with E-state index < -0.39 is 11.0 Å². The summed E-state index contributed by atoms with van der Waals surface area (Å²) in [5.41, 5.74) is 1.16. The van der Waals surface area contributed by atoms with Crippen LogP contribution in [0.1, 0.15) is 5.56 Å². The van der Waals surface area contributed by atoms with Crippen molar-refractivity contribution in [3.05, 3.63) is 70.3 Å². The Balaban J connectivity index is 1.69. The summed E-state index contributed by atoms with van der Waals surface area (Å²) in [5.74, 6) is 0.493. The largest absolute Gasteiger partial charge is 0.491 e. The molecule has 0 bridgehead atoms. The second-order valence-electron chi connectivity index (χ2n) is 4.83. The van der Waals surface area contributed by atoms with Crippen LogP contribution in [0.15, 0.2) is 54.6 Å². The maximum atomic E-state index is 10.5. The lowest BCUT2D eigenvalue weighted by atomic mass is 10.2. The van der Waals surface area contributed by atoms with E-state index in [1.807, 2.05) is 30.3 Å². The van der Waals surface area contributed by atoms with Crippen LogP contribution < -0.4 is 10.1 Å². The van der Waals surface area contributed by atoms with E-state index in [0.29, 0.717) is 18.8 Å². The van der Waals surface area contributed by atoms with E-state index in [1.165, 1.54) is 24.3 Å². The highest BCUT2D eigenvalue weighted by atomic mass is 16.6. The van der Waals surface area contributed by atoms with Crippen molar-refractivity contribution in [1.29, 1.82) is 0 Å². The van der Waals surface area contributed by atoms with E-state index >= 15 is 0 Å². The van der Waals surface area contributed by atoms with E-state index in [2.05, 4.69) is 5.32 Å². The van der Waals surface area contributed by atoms with Gasteiger partial charge in [0.15, 0.2) is 0 Å². The number of ether oxygens (including phenoxy) is 1. The van der Waals surface area contributed by atoms with Crippen LogP contribution in [-0.4, -0.2) is 29.3 Å². The molecule has 1 atom stereocenters. The molecule has 0 amide bonds. The lowest BCUT2D eigenvalue weighted by Gasteiger charge is -2.13. The van der Waals surface area contributed by atoms with Gasteiger partial charge in [0.25, 0.3) is 5.69 Å². The van der Waals surface area contributed by atoms with E-state index in [1.54, 1.807) is 0 Å². The Bertz CT molecular complexity index is 587. The molecular weight excluding hydrogens is 284 g/mol. The van der Waals surface area contributed by atoms with Gasteiger partial charge in [0.1, 0.15) is 18.5 Å². The zero-order valence-electron chi connectivity index (χ0n) is 12.0. The van der Waals surface area contributed by atoms with Gasteiger partial charge in [-0.3, -0.25) is 10.1 Å². The fourth-order valence-corrected chi connectivity index (χ4v) is 1.89. The Morgan fingerprint density at radius 2 is 1.82 bits per heavy atom. The number of non-ortho nitro benzene ring substituents is 1. The van der Waals surface area contributed by atoms with Crippen LogP contribution in [0, 0.1) is 10.1 Å². The van der Waals surface area contributed by atoms with Gasteiger partial charge in [-0.25, -0.2) is 0 Å². The molecule has 6 heteroatoms. The van der Waals surface area contributed by atoms with Gasteiger partial charge in [0.2, 0.25) is 0 Å². The number of hydrogen-bond donors (Lipinski definition) is 2. The molecule has 0 fully saturated rings. The van der Waals surface area contributed by atoms with Crippen LogP contribution in [0.2, 0.25) is 0 Å². The summed E-state index contributed by atoms with van der Waals surface area (Å²) >= 11 is 0. The Kier molecular flexibility index (Phi) is 5.88. The summed E-state index contributed by atoms with van der Waals surface area (Å²) in [4.78, 5) is 10.1. The van der Waals surface area contributed by atoms with Gasteiger partial charge in [0.05, 0.1) is 4.92 Å². The molecule has 2 aromatic rings. The van der Waals surface area contributed by atoms with Crippen LogP contribution in [0.5, 0.6) is 5.75 Å². The Hall–Kier alpha value is -2.44. The molecular formula is C16H18N2O4. The summed E-state index contributed by atoms with van der Waals surface area (Å²) in [6.07, 6.45) is -0.654. The van der Waals surface area contributed by atoms with Crippen molar-refractivity contribution < 1.29 is 14.8 Å². The van der Waals surface area contributed by atoms with Crippen molar-refractivity contribution in [2.75, 3.05) is 13.2 Å². The minimum Gasteiger partial charge on any atom is -0.491 e. The number of nitrogens with zero attached hydrogens (tertiary/aromatic N) is 1. The molecule has 2 rings (SSSR count). The lowest BCUT2D eigenvalue weighted by molar-refractivity contribution is -0.384. The number of rotatable bonds is 8. The van der Waals surface area contributed by atoms with Gasteiger partial charge < -0.3 is 15.2 Å². The number of nitrogens with one attached hydrogen (secondary N) is 1. The van der Waals surface area contributed by atoms with Crippen molar-refractivity contribution in [3.8, 4) is 5.75 Å². The fraction of sp³-hybridized carbons (Fsp3) is 0.250. The monoisotopic (exact) mass is 302 g/mol. The molecule has 0 heterocycles. The number of nitro benzene ring substituents is 1. The first-order chi connectivity index (χ1) is 10.6. The molecule has 0 saturated carbocycles. The lowest BCUT2D eigenvalue weighted by Crippen LogP contribution is -2.31. The zero-order valence-corrected chi connectivity index (χ0v) is 12.0. The molecule has 0 aliphatic heterocycles. The quantitative estimate of drug-likeness (QED) is 0.576. The first-order valence-corrected chi connectivity index (χ1v) is 6.95. The number of benzene rings is 2. The van der Waals surface area contributed by atoms with Crippen molar-refractivity contribution in [3.63, 3.8) is 0 Å². The molecule has 2 N–H and O–H groups in total. The molecule has 2 aromatic carbocycles. The van der Waals surface area contributed by atoms with Gasteiger partial charge in [-0.15, -0.1) is 0 Å². The first kappa shape index (κ1) is 15.9. The van der Waals surface area contributed by atoms with Crippen LogP contribution in [0.25, 0.3) is 0 Å². The predicted octanol–water partition coefficient (Wildman–Crippen LogP) is 2.12. The second-order valence-corrected chi connectivity index (χ2v) is 4.83. The van der Waals surface area contributed by atoms with Crippen molar-refractivity contribution in [2.45, 2.75) is 12.6 Å². The molecule has 0 aliphatic carbocycles. The molecule has 0 aromatic heterocycles. The fourth-order valence-electron chi connectivity index (χ4n) is 1.89. The van der Waals surface area contributed by atoms with Gasteiger partial charge in [-0.2, -0.15) is 0 Å². The average Bonchev–Trinajstić information content (AvgIpc) is 2.54. The Labute approximate surface area is 128 Å². The maximum absolute atomic E-state index is 10.5. The minimum absolute atomic E-state index is 0.0115. The highest BCUT2D eigenvalue weighted by Crippen LogP contribution is 2.17. The smallest absolute Gasteiger partial charge is 0.269 e. The summed E-state index contributed by atoms with van der Waals surface area (Å²) in [6.45, 7) is 1.21. The maximum Gasteiger partial charge on any atom is 0.269 e. The second kappa shape index (κ2) is 8.11. The van der Waals surface area contributed by atoms with E-state index in [9.17, 15) is 15.2 Å². The number of aliphatic hydroxyl groups excluding tert-OH is 1. The zero-order chi connectivity index (χ0) is 15.8. The van der Waals surface area contributed by atoms with Crippen LogP contribution in [0.3, 0.4) is 0 Å². The van der Waals surface area contributed by atoms with Crippen LogP contribution >= 0.6 is 0 Å². The molecule has 0 unspecified atom stereocenters. The molecule has 22 heavy (non-hydrogen) atoms. The normalized spacial score (nSPS) is 11.9. The SMILES string of the molecule is O=[N+]([O-])c1ccc(OC[C@@H](O)CNCc2ccccc2)cc1. The highest BCUT2D eigenvalue weighted by molar-refractivity contribution is 5.35. The molecule has 0 radical (unpaired) electrons. The standard InChI is InChI=1S/C16H18N2O4/c19-15(11-17-10-13-4-2-1-3-5-13)12-22-16-8-6-14(7-9-16)18(20)21/h1-9,15,17,19H,10-12H2/t15-/m0/s1. The van der Waals surface area contributed by atoms with E-state index in [4.69, 9.17) is 4.74 Å². The number of aliphatic hydroxyl groups is 1. The van der Waals surface area contributed by atoms with Crippen LogP contribution in [-0.2, 0) is 6.54 Å². The van der Waals surface area contributed by atoms with E-state index in [0.717, 1.165) is 5.56 Å². The van der Waals surface area contributed by atoms with E-state index in [-0.39, 0.29) is 12.3 Å². The topological polar surface area (TPSA) is 84.6 Å². The Morgan fingerprint density at radius 1 is 1.14 bits per heavy atom. The van der Waals surface area contributed by atoms with Crippen molar-refractivity contribution >= 4 is 5.69 Å². The minimum atomic E-state index is -0.654. The van der Waals surface area contributed by atoms with Gasteiger partial charge >= 0.3 is 0 Å². The summed E-state index contributed by atoms with van der Waals surface area (Å²) in [5, 5.41) is 23.5. The van der Waals surface area contributed by atoms with Gasteiger partial charge in [0, 0.05) is 25.2 Å². The molecule has 0 aliphatic rings.